The summed E-state index contributed by atoms with van der Waals surface area (Å²) in [7, 11) is 0. The molecule has 22 heavy (non-hydrogen) atoms. The first-order valence-corrected chi connectivity index (χ1v) is 7.37. The Morgan fingerprint density at radius 2 is 2.05 bits per heavy atom. The summed E-state index contributed by atoms with van der Waals surface area (Å²) in [5.41, 5.74) is -1.45. The second-order valence-electron chi connectivity index (χ2n) is 5.67. The van der Waals surface area contributed by atoms with Gasteiger partial charge in [-0.25, -0.2) is 4.79 Å². The van der Waals surface area contributed by atoms with Crippen LogP contribution in [-0.4, -0.2) is 56.0 Å². The van der Waals surface area contributed by atoms with Crippen molar-refractivity contribution in [1.82, 2.24) is 14.8 Å². The molecule has 2 fully saturated rings. The molecule has 2 aliphatic rings. The Bertz CT molecular complexity index is 623. The number of nitrogens with zero attached hydrogens (tertiary/aromatic N) is 2. The Hall–Kier alpha value is -1.55. The van der Waals surface area contributed by atoms with E-state index >= 15 is 0 Å². The van der Waals surface area contributed by atoms with Gasteiger partial charge in [-0.05, 0) is 12.8 Å². The Labute approximate surface area is 125 Å². The maximum Gasteiger partial charge on any atom is 0.347 e. The van der Waals surface area contributed by atoms with Crippen molar-refractivity contribution < 1.29 is 19.7 Å². The molecule has 9 heteroatoms. The van der Waals surface area contributed by atoms with Crippen molar-refractivity contribution in [2.45, 2.75) is 56.3 Å². The highest BCUT2D eigenvalue weighted by Crippen LogP contribution is 2.29. The highest BCUT2D eigenvalue weighted by Gasteiger charge is 2.45. The summed E-state index contributed by atoms with van der Waals surface area (Å²) in [4.78, 5) is 24.7. The maximum atomic E-state index is 11.7. The lowest BCUT2D eigenvalue weighted by Gasteiger charge is -2.17. The Morgan fingerprint density at radius 3 is 2.73 bits per heavy atom. The number of rotatable bonds is 4. The number of aromatic nitrogens is 3. The summed E-state index contributed by atoms with van der Waals surface area (Å²) in [5.74, 6) is 0. The number of ether oxygens (including phenoxy) is 2. The van der Waals surface area contributed by atoms with Crippen LogP contribution in [0.4, 0.5) is 0 Å². The number of aliphatic hydroxyl groups excluding tert-OH is 2. The van der Waals surface area contributed by atoms with Crippen molar-refractivity contribution >= 4 is 0 Å². The van der Waals surface area contributed by atoms with Crippen LogP contribution in [0.2, 0.25) is 0 Å². The highest BCUT2D eigenvalue weighted by molar-refractivity contribution is 4.89. The van der Waals surface area contributed by atoms with Gasteiger partial charge in [0.1, 0.15) is 24.5 Å². The molecular formula is C13H19N3O6. The zero-order valence-corrected chi connectivity index (χ0v) is 11.9. The van der Waals surface area contributed by atoms with Crippen LogP contribution in [-0.2, 0) is 9.47 Å². The highest BCUT2D eigenvalue weighted by atomic mass is 16.6. The fourth-order valence-corrected chi connectivity index (χ4v) is 2.90. The molecule has 3 N–H and O–H groups in total. The molecule has 0 unspecified atom stereocenters. The first-order valence-electron chi connectivity index (χ1n) is 7.37. The monoisotopic (exact) mass is 313 g/mol. The van der Waals surface area contributed by atoms with Gasteiger partial charge in [-0.15, -0.1) is 0 Å². The minimum atomic E-state index is -1.33. The molecule has 9 nitrogen and oxygen atoms in total. The molecular weight excluding hydrogens is 294 g/mol. The van der Waals surface area contributed by atoms with Crippen molar-refractivity contribution in [1.29, 1.82) is 0 Å². The predicted octanol–water partition coefficient (Wildman–Crippen LogP) is -1.49. The molecule has 0 spiro atoms. The molecule has 122 valence electrons. The van der Waals surface area contributed by atoms with E-state index in [0.29, 0.717) is 0 Å². The lowest BCUT2D eigenvalue weighted by atomic mass is 10.1. The third kappa shape index (κ3) is 2.98. The SMILES string of the molecule is O=c1cnn([C@@H]2O[C@H](COC3CCCC3)[C@@H](O)[C@H]2O)c(=O)[nH]1. The van der Waals surface area contributed by atoms with E-state index in [1.54, 1.807) is 0 Å². The first kappa shape index (κ1) is 15.3. The molecule has 1 aliphatic heterocycles. The first-order chi connectivity index (χ1) is 10.6. The van der Waals surface area contributed by atoms with E-state index in [1.807, 2.05) is 4.98 Å². The fraction of sp³-hybridized carbons (Fsp3) is 0.769. The summed E-state index contributed by atoms with van der Waals surface area (Å²) in [6.07, 6.45) is 0.859. The van der Waals surface area contributed by atoms with Gasteiger partial charge in [-0.2, -0.15) is 9.78 Å². The molecule has 0 radical (unpaired) electrons. The molecule has 1 saturated heterocycles. The van der Waals surface area contributed by atoms with Crippen LogP contribution in [0, 0.1) is 0 Å². The van der Waals surface area contributed by atoms with Crippen LogP contribution in [0.3, 0.4) is 0 Å². The maximum absolute atomic E-state index is 11.7. The number of hydrogen-bond acceptors (Lipinski definition) is 7. The molecule has 0 amide bonds. The van der Waals surface area contributed by atoms with Crippen molar-refractivity contribution in [3.63, 3.8) is 0 Å². The predicted molar refractivity (Wildman–Crippen MR) is 73.2 cm³/mol. The minimum absolute atomic E-state index is 0.136. The number of aromatic amines is 1. The van der Waals surface area contributed by atoms with Crippen molar-refractivity contribution in [2.24, 2.45) is 0 Å². The topological polar surface area (TPSA) is 127 Å². The fourth-order valence-electron chi connectivity index (χ4n) is 2.90. The third-order valence-corrected chi connectivity index (χ3v) is 4.11. The number of aliphatic hydroxyl groups is 2. The van der Waals surface area contributed by atoms with Gasteiger partial charge in [0.25, 0.3) is 5.56 Å². The number of hydrogen-bond donors (Lipinski definition) is 3. The Morgan fingerprint density at radius 1 is 1.32 bits per heavy atom. The lowest BCUT2D eigenvalue weighted by Crippen LogP contribution is -2.39. The quantitative estimate of drug-likeness (QED) is 0.618. The summed E-state index contributed by atoms with van der Waals surface area (Å²) in [6.45, 7) is 0.136. The molecule has 0 aromatic carbocycles. The van der Waals surface area contributed by atoms with Gasteiger partial charge >= 0.3 is 5.69 Å². The normalized spacial score (nSPS) is 32.6. The Balaban J connectivity index is 1.69. The molecule has 2 heterocycles. The molecule has 3 rings (SSSR count). The van der Waals surface area contributed by atoms with Crippen molar-refractivity contribution in [3.8, 4) is 0 Å². The van der Waals surface area contributed by atoms with E-state index in [2.05, 4.69) is 5.10 Å². The molecule has 1 saturated carbocycles. The minimum Gasteiger partial charge on any atom is -0.387 e. The average Bonchev–Trinajstić information content (AvgIpc) is 3.08. The zero-order chi connectivity index (χ0) is 15.7. The zero-order valence-electron chi connectivity index (χ0n) is 11.9. The second-order valence-corrected chi connectivity index (χ2v) is 5.67. The number of nitrogens with one attached hydrogen (secondary N) is 1. The van der Waals surface area contributed by atoms with Gasteiger partial charge in [-0.1, -0.05) is 12.8 Å². The summed E-state index contributed by atoms with van der Waals surface area (Å²) in [5, 5.41) is 23.7. The van der Waals surface area contributed by atoms with Crippen LogP contribution in [0.1, 0.15) is 31.9 Å². The Kier molecular flexibility index (Phi) is 4.39. The third-order valence-electron chi connectivity index (χ3n) is 4.11. The van der Waals surface area contributed by atoms with Crippen molar-refractivity contribution in [3.05, 3.63) is 27.0 Å². The van der Waals surface area contributed by atoms with Gasteiger partial charge in [0.15, 0.2) is 6.23 Å². The summed E-state index contributed by atoms with van der Waals surface area (Å²) in [6, 6.07) is 0. The van der Waals surface area contributed by atoms with Gasteiger partial charge < -0.3 is 19.7 Å². The van der Waals surface area contributed by atoms with Crippen molar-refractivity contribution in [2.75, 3.05) is 6.61 Å². The molecule has 1 aliphatic carbocycles. The summed E-state index contributed by atoms with van der Waals surface area (Å²) >= 11 is 0. The van der Waals surface area contributed by atoms with E-state index in [-0.39, 0.29) is 12.7 Å². The largest absolute Gasteiger partial charge is 0.387 e. The molecule has 1 aromatic rings. The van der Waals surface area contributed by atoms with Crippen LogP contribution >= 0.6 is 0 Å². The van der Waals surface area contributed by atoms with Gasteiger partial charge in [0, 0.05) is 0 Å². The number of H-pyrrole nitrogens is 1. The lowest BCUT2D eigenvalue weighted by molar-refractivity contribution is -0.0859. The van der Waals surface area contributed by atoms with Crippen LogP contribution in [0.5, 0.6) is 0 Å². The van der Waals surface area contributed by atoms with E-state index in [1.165, 1.54) is 0 Å². The smallest absolute Gasteiger partial charge is 0.347 e. The molecule has 0 bridgehead atoms. The molecule has 1 aromatic heterocycles. The van der Waals surface area contributed by atoms with Crippen LogP contribution in [0.25, 0.3) is 0 Å². The van der Waals surface area contributed by atoms with E-state index in [4.69, 9.17) is 9.47 Å². The van der Waals surface area contributed by atoms with E-state index in [9.17, 15) is 19.8 Å². The summed E-state index contributed by atoms with van der Waals surface area (Å²) < 4.78 is 12.0. The van der Waals surface area contributed by atoms with Crippen LogP contribution < -0.4 is 11.2 Å². The second kappa shape index (κ2) is 6.29. The standard InChI is InChI=1S/C13H19N3O6/c17-9-5-14-16(13(20)15-9)12-11(19)10(18)8(22-12)6-21-7-3-1-2-4-7/h5,7-8,10-12,18-19H,1-4,6H2,(H,15,17,20)/t8-,10-,11-,12-/m1/s1. The van der Waals surface area contributed by atoms with Gasteiger partial charge in [0.05, 0.1) is 12.7 Å². The van der Waals surface area contributed by atoms with Gasteiger partial charge in [-0.3, -0.25) is 9.78 Å². The van der Waals surface area contributed by atoms with Gasteiger partial charge in [0.2, 0.25) is 0 Å². The van der Waals surface area contributed by atoms with E-state index < -0.39 is 35.8 Å². The van der Waals surface area contributed by atoms with Crippen LogP contribution in [0.15, 0.2) is 15.8 Å². The average molecular weight is 313 g/mol. The van der Waals surface area contributed by atoms with E-state index in [0.717, 1.165) is 36.6 Å². The molecule has 4 atom stereocenters.